The van der Waals surface area contributed by atoms with Crippen molar-refractivity contribution in [3.63, 3.8) is 0 Å². The van der Waals surface area contributed by atoms with Crippen LogP contribution in [0.25, 0.3) is 0 Å². The molecule has 0 saturated carbocycles. The minimum atomic E-state index is -0.713. The number of nitrogens with one attached hydrogen (secondary N) is 2. The average molecular weight is 306 g/mol. The molecule has 2 rings (SSSR count). The lowest BCUT2D eigenvalue weighted by Crippen LogP contribution is -2.48. The van der Waals surface area contributed by atoms with E-state index in [1.165, 1.54) is 5.56 Å². The number of carbonyl (C=O) groups is 1. The summed E-state index contributed by atoms with van der Waals surface area (Å²) >= 11 is 0. The van der Waals surface area contributed by atoms with Gasteiger partial charge in [0.1, 0.15) is 6.10 Å². The molecular weight excluding hydrogens is 280 g/mol. The number of ether oxygens (including phenoxy) is 1. The molecule has 1 heterocycles. The van der Waals surface area contributed by atoms with Crippen LogP contribution in [-0.4, -0.2) is 43.4 Å². The molecule has 2 unspecified atom stereocenters. The number of rotatable bonds is 4. The maximum absolute atomic E-state index is 11.9. The fourth-order valence-corrected chi connectivity index (χ4v) is 2.37. The standard InChI is InChI=1S/C17H26N2O3/c1-17(2,3)13-6-4-12(5-7-13)14(20)10-19-16(21)15-11-18-8-9-22-15/h4-7,14-15,18,20H,8-11H2,1-3H3,(H,19,21). The first-order chi connectivity index (χ1) is 10.4. The van der Waals surface area contributed by atoms with E-state index in [-0.39, 0.29) is 17.9 Å². The topological polar surface area (TPSA) is 70.6 Å². The van der Waals surface area contributed by atoms with Crippen molar-refractivity contribution < 1.29 is 14.6 Å². The van der Waals surface area contributed by atoms with E-state index in [1.54, 1.807) is 0 Å². The van der Waals surface area contributed by atoms with Crippen molar-refractivity contribution in [2.24, 2.45) is 0 Å². The number of hydrogen-bond donors (Lipinski definition) is 3. The second kappa shape index (κ2) is 7.22. The van der Waals surface area contributed by atoms with Crippen LogP contribution in [-0.2, 0) is 14.9 Å². The maximum Gasteiger partial charge on any atom is 0.250 e. The Morgan fingerprint density at radius 3 is 2.64 bits per heavy atom. The summed E-state index contributed by atoms with van der Waals surface area (Å²) in [5.41, 5.74) is 2.10. The Bertz CT molecular complexity index is 488. The van der Waals surface area contributed by atoms with Gasteiger partial charge in [0.05, 0.1) is 12.7 Å². The van der Waals surface area contributed by atoms with E-state index >= 15 is 0 Å². The van der Waals surface area contributed by atoms with Crippen LogP contribution >= 0.6 is 0 Å². The molecule has 1 aromatic rings. The SMILES string of the molecule is CC(C)(C)c1ccc(C(O)CNC(=O)C2CNCCO2)cc1. The van der Waals surface area contributed by atoms with Gasteiger partial charge in [-0.05, 0) is 16.5 Å². The van der Waals surface area contributed by atoms with E-state index in [0.717, 1.165) is 12.1 Å². The van der Waals surface area contributed by atoms with Crippen LogP contribution in [0.15, 0.2) is 24.3 Å². The fraction of sp³-hybridized carbons (Fsp3) is 0.588. The van der Waals surface area contributed by atoms with Crippen molar-refractivity contribution in [1.82, 2.24) is 10.6 Å². The molecule has 0 aliphatic carbocycles. The molecule has 1 aromatic carbocycles. The van der Waals surface area contributed by atoms with Gasteiger partial charge in [0, 0.05) is 19.6 Å². The molecule has 1 aliphatic heterocycles. The minimum absolute atomic E-state index is 0.0863. The Morgan fingerprint density at radius 2 is 2.09 bits per heavy atom. The summed E-state index contributed by atoms with van der Waals surface area (Å²) in [4.78, 5) is 11.9. The van der Waals surface area contributed by atoms with E-state index in [2.05, 4.69) is 31.4 Å². The monoisotopic (exact) mass is 306 g/mol. The Hall–Kier alpha value is -1.43. The molecule has 5 nitrogen and oxygen atoms in total. The van der Waals surface area contributed by atoms with Gasteiger partial charge in [-0.25, -0.2) is 0 Å². The predicted octanol–water partition coefficient (Wildman–Crippen LogP) is 1.12. The fourth-order valence-electron chi connectivity index (χ4n) is 2.37. The van der Waals surface area contributed by atoms with Crippen molar-refractivity contribution in [1.29, 1.82) is 0 Å². The number of amides is 1. The van der Waals surface area contributed by atoms with Gasteiger partial charge in [-0.2, -0.15) is 0 Å². The first kappa shape index (κ1) is 16.9. The Labute approximate surface area is 132 Å². The highest BCUT2D eigenvalue weighted by Crippen LogP contribution is 2.23. The van der Waals surface area contributed by atoms with Gasteiger partial charge in [-0.3, -0.25) is 4.79 Å². The number of morpholine rings is 1. The van der Waals surface area contributed by atoms with Gasteiger partial charge >= 0.3 is 0 Å². The van der Waals surface area contributed by atoms with E-state index in [0.29, 0.717) is 13.2 Å². The maximum atomic E-state index is 11.9. The van der Waals surface area contributed by atoms with Gasteiger partial charge in [0.15, 0.2) is 0 Å². The second-order valence-corrected chi connectivity index (χ2v) is 6.70. The molecule has 1 aliphatic rings. The average Bonchev–Trinajstić information content (AvgIpc) is 2.52. The highest BCUT2D eigenvalue weighted by Gasteiger charge is 2.22. The lowest BCUT2D eigenvalue weighted by molar-refractivity contribution is -0.134. The molecule has 3 N–H and O–H groups in total. The zero-order valence-corrected chi connectivity index (χ0v) is 13.6. The van der Waals surface area contributed by atoms with E-state index < -0.39 is 12.2 Å². The number of hydrogen-bond acceptors (Lipinski definition) is 4. The minimum Gasteiger partial charge on any atom is -0.387 e. The number of aliphatic hydroxyl groups excluding tert-OH is 1. The summed E-state index contributed by atoms with van der Waals surface area (Å²) in [5, 5.41) is 16.0. The highest BCUT2D eigenvalue weighted by atomic mass is 16.5. The molecule has 0 spiro atoms. The first-order valence-corrected chi connectivity index (χ1v) is 7.76. The third kappa shape index (κ3) is 4.53. The van der Waals surface area contributed by atoms with E-state index in [1.807, 2.05) is 24.3 Å². The lowest BCUT2D eigenvalue weighted by Gasteiger charge is -2.23. The summed E-state index contributed by atoms with van der Waals surface area (Å²) in [7, 11) is 0. The van der Waals surface area contributed by atoms with Gasteiger partial charge in [0.25, 0.3) is 5.91 Å². The van der Waals surface area contributed by atoms with Crippen molar-refractivity contribution in [2.45, 2.75) is 38.4 Å². The van der Waals surface area contributed by atoms with Gasteiger partial charge in [-0.15, -0.1) is 0 Å². The van der Waals surface area contributed by atoms with Crippen LogP contribution in [0.5, 0.6) is 0 Å². The quantitative estimate of drug-likeness (QED) is 0.780. The summed E-state index contributed by atoms with van der Waals surface area (Å²) in [6, 6.07) is 7.87. The molecule has 0 aromatic heterocycles. The molecule has 22 heavy (non-hydrogen) atoms. The molecule has 2 atom stereocenters. The lowest BCUT2D eigenvalue weighted by atomic mass is 9.86. The molecule has 0 radical (unpaired) electrons. The van der Waals surface area contributed by atoms with Crippen LogP contribution in [0.1, 0.15) is 38.0 Å². The van der Waals surface area contributed by atoms with E-state index in [4.69, 9.17) is 4.74 Å². The van der Waals surface area contributed by atoms with Crippen LogP contribution in [0.3, 0.4) is 0 Å². The van der Waals surface area contributed by atoms with Crippen LogP contribution in [0.2, 0.25) is 0 Å². The molecule has 1 fully saturated rings. The Balaban J connectivity index is 1.86. The molecular formula is C17H26N2O3. The summed E-state index contributed by atoms with van der Waals surface area (Å²) in [6.07, 6.45) is -1.18. The zero-order valence-electron chi connectivity index (χ0n) is 13.6. The zero-order chi connectivity index (χ0) is 16.2. The third-order valence-corrected chi connectivity index (χ3v) is 3.85. The summed E-state index contributed by atoms with van der Waals surface area (Å²) in [6.45, 7) is 8.46. The van der Waals surface area contributed by atoms with Gasteiger partial charge in [-0.1, -0.05) is 45.0 Å². The van der Waals surface area contributed by atoms with E-state index in [9.17, 15) is 9.90 Å². The predicted molar refractivity (Wildman–Crippen MR) is 85.7 cm³/mol. The Kier molecular flexibility index (Phi) is 5.56. The molecule has 5 heteroatoms. The van der Waals surface area contributed by atoms with Gasteiger partial charge < -0.3 is 20.5 Å². The molecule has 1 amide bonds. The summed E-state index contributed by atoms with van der Waals surface area (Å²) < 4.78 is 5.37. The van der Waals surface area contributed by atoms with Crippen LogP contribution in [0, 0.1) is 0 Å². The van der Waals surface area contributed by atoms with Crippen molar-refractivity contribution in [3.8, 4) is 0 Å². The van der Waals surface area contributed by atoms with Gasteiger partial charge in [0.2, 0.25) is 0 Å². The van der Waals surface area contributed by atoms with Crippen LogP contribution < -0.4 is 10.6 Å². The third-order valence-electron chi connectivity index (χ3n) is 3.85. The molecule has 1 saturated heterocycles. The highest BCUT2D eigenvalue weighted by molar-refractivity contribution is 5.81. The molecule has 0 bridgehead atoms. The van der Waals surface area contributed by atoms with Crippen molar-refractivity contribution >= 4 is 5.91 Å². The normalized spacial score (nSPS) is 20.5. The first-order valence-electron chi connectivity index (χ1n) is 7.76. The smallest absolute Gasteiger partial charge is 0.250 e. The van der Waals surface area contributed by atoms with Crippen molar-refractivity contribution in [2.75, 3.05) is 26.2 Å². The largest absolute Gasteiger partial charge is 0.387 e. The molecule has 122 valence electrons. The number of benzene rings is 1. The summed E-state index contributed by atoms with van der Waals surface area (Å²) in [5.74, 6) is -0.183. The second-order valence-electron chi connectivity index (χ2n) is 6.70. The Morgan fingerprint density at radius 1 is 1.41 bits per heavy atom. The number of aliphatic hydroxyl groups is 1. The van der Waals surface area contributed by atoms with Crippen molar-refractivity contribution in [3.05, 3.63) is 35.4 Å². The van der Waals surface area contributed by atoms with Crippen LogP contribution in [0.4, 0.5) is 0 Å². The number of carbonyl (C=O) groups excluding carboxylic acids is 1.